The monoisotopic (exact) mass is 210 g/mol. The van der Waals surface area contributed by atoms with Gasteiger partial charge in [0.1, 0.15) is 5.75 Å². The quantitative estimate of drug-likeness (QED) is 0.610. The van der Waals surface area contributed by atoms with E-state index >= 15 is 0 Å². The number of benzene rings is 1. The zero-order valence-electron chi connectivity index (χ0n) is 9.65. The molecule has 0 atom stereocenters. The molecule has 1 aromatic carbocycles. The second-order valence-corrected chi connectivity index (χ2v) is 3.61. The van der Waals surface area contributed by atoms with Crippen LogP contribution in [0.1, 0.15) is 13.8 Å². The summed E-state index contributed by atoms with van der Waals surface area (Å²) < 4.78 is 5.57. The fraction of sp³-hybridized carbons (Fsp3) is 0.455. The Morgan fingerprint density at radius 3 is 2.47 bits per heavy atom. The maximum atomic E-state index is 5.77. The smallest absolute Gasteiger partial charge is 0.123 e. The molecular formula is C11H18N2O2. The molecule has 4 heteroatoms. The second kappa shape index (κ2) is 4.89. The fourth-order valence-electron chi connectivity index (χ4n) is 1.23. The number of hydrogen-bond acceptors (Lipinski definition) is 4. The molecular weight excluding hydrogens is 192 g/mol. The van der Waals surface area contributed by atoms with Gasteiger partial charge in [-0.15, -0.1) is 0 Å². The molecule has 0 saturated heterocycles. The number of hydroxylamine groups is 1. The summed E-state index contributed by atoms with van der Waals surface area (Å²) in [6.45, 7) is 3.95. The van der Waals surface area contributed by atoms with Crippen molar-refractivity contribution in [2.75, 3.05) is 25.0 Å². The topological polar surface area (TPSA) is 47.7 Å². The molecule has 0 aliphatic rings. The molecule has 0 radical (unpaired) electrons. The van der Waals surface area contributed by atoms with E-state index in [0.29, 0.717) is 5.69 Å². The van der Waals surface area contributed by atoms with Crippen molar-refractivity contribution in [3.63, 3.8) is 0 Å². The first-order valence-electron chi connectivity index (χ1n) is 4.88. The summed E-state index contributed by atoms with van der Waals surface area (Å²) in [7, 11) is 3.42. The summed E-state index contributed by atoms with van der Waals surface area (Å²) in [4.78, 5) is 5.07. The lowest BCUT2D eigenvalue weighted by atomic mass is 10.2. The number of nitrogens with zero attached hydrogens (tertiary/aromatic N) is 1. The molecule has 1 rings (SSSR count). The lowest BCUT2D eigenvalue weighted by Crippen LogP contribution is -2.15. The maximum absolute atomic E-state index is 5.77. The van der Waals surface area contributed by atoms with Crippen LogP contribution in [-0.2, 0) is 4.84 Å². The summed E-state index contributed by atoms with van der Waals surface area (Å²) in [6.07, 6.45) is 0.132. The summed E-state index contributed by atoms with van der Waals surface area (Å²) in [6, 6.07) is 5.52. The van der Waals surface area contributed by atoms with E-state index in [1.807, 2.05) is 33.0 Å². The van der Waals surface area contributed by atoms with E-state index in [0.717, 1.165) is 11.4 Å². The van der Waals surface area contributed by atoms with Gasteiger partial charge in [0.15, 0.2) is 0 Å². The highest BCUT2D eigenvalue weighted by molar-refractivity contribution is 5.59. The van der Waals surface area contributed by atoms with E-state index in [9.17, 15) is 0 Å². The summed E-state index contributed by atoms with van der Waals surface area (Å²) in [5.41, 5.74) is 7.29. The SMILES string of the molecule is CON(C)c1cc(N)cc(OC(C)C)c1. The maximum Gasteiger partial charge on any atom is 0.123 e. The van der Waals surface area contributed by atoms with Crippen molar-refractivity contribution in [2.45, 2.75) is 20.0 Å². The van der Waals surface area contributed by atoms with E-state index in [2.05, 4.69) is 0 Å². The lowest BCUT2D eigenvalue weighted by Gasteiger charge is -2.18. The molecule has 0 aliphatic heterocycles. The highest BCUT2D eigenvalue weighted by Gasteiger charge is 2.05. The van der Waals surface area contributed by atoms with Gasteiger partial charge in [0, 0.05) is 24.9 Å². The first-order chi connectivity index (χ1) is 7.02. The molecule has 1 aromatic rings. The predicted octanol–water partition coefficient (Wildman–Crippen LogP) is 2.05. The molecule has 84 valence electrons. The Bertz CT molecular complexity index is 326. The molecule has 2 N–H and O–H groups in total. The number of nitrogen functional groups attached to an aromatic ring is 1. The van der Waals surface area contributed by atoms with Gasteiger partial charge < -0.3 is 10.5 Å². The molecule has 0 spiro atoms. The standard InChI is InChI=1S/C11H18N2O2/c1-8(2)15-11-6-9(12)5-10(7-11)13(3)14-4/h5-8H,12H2,1-4H3. The average Bonchev–Trinajstić information content (AvgIpc) is 2.14. The average molecular weight is 210 g/mol. The Morgan fingerprint density at radius 2 is 1.93 bits per heavy atom. The molecule has 0 bridgehead atoms. The van der Waals surface area contributed by atoms with Crippen LogP contribution in [0.25, 0.3) is 0 Å². The highest BCUT2D eigenvalue weighted by atomic mass is 16.7. The van der Waals surface area contributed by atoms with Crippen LogP contribution in [0.15, 0.2) is 18.2 Å². The molecule has 0 fully saturated rings. The van der Waals surface area contributed by atoms with Crippen molar-refractivity contribution in [1.82, 2.24) is 0 Å². The van der Waals surface area contributed by atoms with Gasteiger partial charge in [-0.3, -0.25) is 9.90 Å². The van der Waals surface area contributed by atoms with Gasteiger partial charge in [0.2, 0.25) is 0 Å². The Hall–Kier alpha value is -1.42. The minimum absolute atomic E-state index is 0.132. The third-order valence-electron chi connectivity index (χ3n) is 1.92. The van der Waals surface area contributed by atoms with Crippen LogP contribution in [0, 0.1) is 0 Å². The van der Waals surface area contributed by atoms with Crippen LogP contribution >= 0.6 is 0 Å². The zero-order valence-corrected chi connectivity index (χ0v) is 9.65. The normalized spacial score (nSPS) is 10.5. The lowest BCUT2D eigenvalue weighted by molar-refractivity contribution is 0.184. The van der Waals surface area contributed by atoms with Crippen molar-refractivity contribution >= 4 is 11.4 Å². The van der Waals surface area contributed by atoms with Gasteiger partial charge in [-0.1, -0.05) is 0 Å². The third-order valence-corrected chi connectivity index (χ3v) is 1.92. The summed E-state index contributed by atoms with van der Waals surface area (Å²) in [5, 5.41) is 1.63. The van der Waals surface area contributed by atoms with E-state index < -0.39 is 0 Å². The van der Waals surface area contributed by atoms with Gasteiger partial charge in [-0.25, -0.2) is 0 Å². The fourth-order valence-corrected chi connectivity index (χ4v) is 1.23. The van der Waals surface area contributed by atoms with E-state index in [4.69, 9.17) is 15.3 Å². The molecule has 0 saturated carbocycles. The minimum Gasteiger partial charge on any atom is -0.491 e. The molecule has 15 heavy (non-hydrogen) atoms. The first-order valence-corrected chi connectivity index (χ1v) is 4.88. The third kappa shape index (κ3) is 3.32. The van der Waals surface area contributed by atoms with Crippen molar-refractivity contribution in [3.8, 4) is 5.75 Å². The van der Waals surface area contributed by atoms with Gasteiger partial charge >= 0.3 is 0 Å². The summed E-state index contributed by atoms with van der Waals surface area (Å²) >= 11 is 0. The highest BCUT2D eigenvalue weighted by Crippen LogP contribution is 2.25. The minimum atomic E-state index is 0.132. The number of rotatable bonds is 4. The van der Waals surface area contributed by atoms with Crippen LogP contribution in [0.4, 0.5) is 11.4 Å². The van der Waals surface area contributed by atoms with Gasteiger partial charge in [0.05, 0.1) is 18.9 Å². The second-order valence-electron chi connectivity index (χ2n) is 3.61. The van der Waals surface area contributed by atoms with Crippen molar-refractivity contribution in [2.24, 2.45) is 0 Å². The summed E-state index contributed by atoms with van der Waals surface area (Å²) in [5.74, 6) is 0.754. The first kappa shape index (κ1) is 11.7. The molecule has 0 amide bonds. The van der Waals surface area contributed by atoms with E-state index in [1.54, 1.807) is 18.2 Å². The zero-order chi connectivity index (χ0) is 11.4. The molecule has 0 aliphatic carbocycles. The molecule has 0 heterocycles. The van der Waals surface area contributed by atoms with Crippen LogP contribution in [-0.4, -0.2) is 20.3 Å². The Kier molecular flexibility index (Phi) is 3.80. The van der Waals surface area contributed by atoms with Crippen molar-refractivity contribution < 1.29 is 9.57 Å². The largest absolute Gasteiger partial charge is 0.491 e. The number of anilines is 2. The van der Waals surface area contributed by atoms with Gasteiger partial charge in [-0.2, -0.15) is 0 Å². The number of nitrogens with two attached hydrogens (primary N) is 1. The van der Waals surface area contributed by atoms with Crippen molar-refractivity contribution in [3.05, 3.63) is 18.2 Å². The van der Waals surface area contributed by atoms with E-state index in [1.165, 1.54) is 0 Å². The van der Waals surface area contributed by atoms with Crippen molar-refractivity contribution in [1.29, 1.82) is 0 Å². The van der Waals surface area contributed by atoms with Crippen LogP contribution < -0.4 is 15.5 Å². The number of hydrogen-bond donors (Lipinski definition) is 1. The predicted molar refractivity (Wildman–Crippen MR) is 62.0 cm³/mol. The van der Waals surface area contributed by atoms with E-state index in [-0.39, 0.29) is 6.10 Å². The van der Waals surface area contributed by atoms with Crippen LogP contribution in [0.5, 0.6) is 5.75 Å². The molecule has 0 unspecified atom stereocenters. The molecule has 4 nitrogen and oxygen atoms in total. The number of ether oxygens (including phenoxy) is 1. The van der Waals surface area contributed by atoms with Crippen LogP contribution in [0.3, 0.4) is 0 Å². The Morgan fingerprint density at radius 1 is 1.27 bits per heavy atom. The van der Waals surface area contributed by atoms with Crippen LogP contribution in [0.2, 0.25) is 0 Å². The molecule has 0 aromatic heterocycles. The Balaban J connectivity index is 2.94. The van der Waals surface area contributed by atoms with Gasteiger partial charge in [0.25, 0.3) is 0 Å². The van der Waals surface area contributed by atoms with Gasteiger partial charge in [-0.05, 0) is 19.9 Å². The Labute approximate surface area is 90.5 Å².